The fourth-order valence-electron chi connectivity index (χ4n) is 1.92. The number of rotatable bonds is 4. The van der Waals surface area contributed by atoms with E-state index in [0.717, 1.165) is 16.1 Å². The van der Waals surface area contributed by atoms with Crippen molar-refractivity contribution in [3.8, 4) is 10.6 Å². The van der Waals surface area contributed by atoms with Crippen molar-refractivity contribution in [3.63, 3.8) is 0 Å². The molecule has 0 spiro atoms. The van der Waals surface area contributed by atoms with Gasteiger partial charge in [0, 0.05) is 16.0 Å². The second-order valence-electron chi connectivity index (χ2n) is 4.61. The van der Waals surface area contributed by atoms with Crippen LogP contribution in [0, 0.1) is 0 Å². The summed E-state index contributed by atoms with van der Waals surface area (Å²) in [6.07, 6.45) is 0. The van der Waals surface area contributed by atoms with Gasteiger partial charge in [-0.25, -0.2) is 9.78 Å². The van der Waals surface area contributed by atoms with Crippen LogP contribution in [0.1, 0.15) is 16.1 Å². The predicted octanol–water partition coefficient (Wildman–Crippen LogP) is 4.82. The first kappa shape index (κ1) is 14.8. The number of esters is 1. The maximum absolute atomic E-state index is 12.0. The molecule has 0 bridgehead atoms. The van der Waals surface area contributed by atoms with Crippen LogP contribution in [-0.4, -0.2) is 11.0 Å². The average Bonchev–Trinajstić information content (AvgIpc) is 3.04. The second kappa shape index (κ2) is 6.73. The Balaban J connectivity index is 1.69. The molecule has 3 rings (SSSR count). The molecule has 110 valence electrons. The number of halogens is 1. The van der Waals surface area contributed by atoms with Crippen LogP contribution in [0.25, 0.3) is 10.6 Å². The molecule has 0 aliphatic rings. The van der Waals surface area contributed by atoms with E-state index in [4.69, 9.17) is 16.3 Å². The molecule has 1 heterocycles. The lowest BCUT2D eigenvalue weighted by atomic mass is 10.2. The predicted molar refractivity (Wildman–Crippen MR) is 88.1 cm³/mol. The van der Waals surface area contributed by atoms with Crippen LogP contribution in [0.4, 0.5) is 0 Å². The molecule has 1 aromatic heterocycles. The number of benzene rings is 2. The minimum Gasteiger partial charge on any atom is -0.456 e. The quantitative estimate of drug-likeness (QED) is 0.644. The third-order valence-corrected chi connectivity index (χ3v) is 4.12. The molecule has 0 N–H and O–H groups in total. The van der Waals surface area contributed by atoms with E-state index in [1.54, 1.807) is 11.4 Å². The number of aromatic nitrogens is 1. The Morgan fingerprint density at radius 3 is 2.73 bits per heavy atom. The van der Waals surface area contributed by atoms with E-state index in [1.807, 2.05) is 48.5 Å². The van der Waals surface area contributed by atoms with Gasteiger partial charge in [-0.05, 0) is 17.7 Å². The molecule has 0 radical (unpaired) electrons. The molecule has 3 nitrogen and oxygen atoms in total. The van der Waals surface area contributed by atoms with Gasteiger partial charge < -0.3 is 4.74 Å². The third kappa shape index (κ3) is 3.53. The van der Waals surface area contributed by atoms with E-state index in [1.165, 1.54) is 11.3 Å². The van der Waals surface area contributed by atoms with Crippen molar-refractivity contribution in [2.75, 3.05) is 0 Å². The van der Waals surface area contributed by atoms with E-state index in [2.05, 4.69) is 4.98 Å². The first-order chi connectivity index (χ1) is 10.7. The van der Waals surface area contributed by atoms with E-state index >= 15 is 0 Å². The molecule has 3 aromatic rings. The van der Waals surface area contributed by atoms with Gasteiger partial charge in [-0.2, -0.15) is 0 Å². The standard InChI is InChI=1S/C17H12ClNO2S/c18-14-8-4-7-13(9-14)16-19-15(11-22-16)17(20)21-10-12-5-2-1-3-6-12/h1-9,11H,10H2. The molecule has 0 aliphatic heterocycles. The summed E-state index contributed by atoms with van der Waals surface area (Å²) in [5.41, 5.74) is 2.15. The molecule has 0 aliphatic carbocycles. The normalized spacial score (nSPS) is 10.4. The minimum absolute atomic E-state index is 0.240. The molecule has 0 amide bonds. The number of ether oxygens (including phenoxy) is 1. The average molecular weight is 330 g/mol. The van der Waals surface area contributed by atoms with Crippen LogP contribution in [0.15, 0.2) is 60.0 Å². The van der Waals surface area contributed by atoms with Gasteiger partial charge in [0.05, 0.1) is 0 Å². The van der Waals surface area contributed by atoms with E-state index in [-0.39, 0.29) is 6.61 Å². The number of nitrogens with zero attached hydrogens (tertiary/aromatic N) is 1. The van der Waals surface area contributed by atoms with Crippen LogP contribution in [0.2, 0.25) is 5.02 Å². The number of hydrogen-bond acceptors (Lipinski definition) is 4. The van der Waals surface area contributed by atoms with Crippen molar-refractivity contribution in [1.82, 2.24) is 4.98 Å². The Kier molecular flexibility index (Phi) is 4.51. The number of carbonyl (C=O) groups excluding carboxylic acids is 1. The first-order valence-corrected chi connectivity index (χ1v) is 7.90. The van der Waals surface area contributed by atoms with E-state index in [0.29, 0.717) is 10.7 Å². The second-order valence-corrected chi connectivity index (χ2v) is 5.90. The Labute approximate surface area is 137 Å². The van der Waals surface area contributed by atoms with Gasteiger partial charge >= 0.3 is 5.97 Å². The lowest BCUT2D eigenvalue weighted by Crippen LogP contribution is -2.05. The highest BCUT2D eigenvalue weighted by molar-refractivity contribution is 7.13. The fraction of sp³-hybridized carbons (Fsp3) is 0.0588. The van der Waals surface area contributed by atoms with Gasteiger partial charge in [0.1, 0.15) is 11.6 Å². The van der Waals surface area contributed by atoms with Gasteiger partial charge in [-0.3, -0.25) is 0 Å². The summed E-state index contributed by atoms with van der Waals surface area (Å²) >= 11 is 7.36. The van der Waals surface area contributed by atoms with Crippen molar-refractivity contribution < 1.29 is 9.53 Å². The SMILES string of the molecule is O=C(OCc1ccccc1)c1csc(-c2cccc(Cl)c2)n1. The molecule has 0 saturated heterocycles. The maximum Gasteiger partial charge on any atom is 0.358 e. The van der Waals surface area contributed by atoms with Gasteiger partial charge in [-0.1, -0.05) is 54.1 Å². The lowest BCUT2D eigenvalue weighted by molar-refractivity contribution is 0.0467. The third-order valence-electron chi connectivity index (χ3n) is 3.00. The van der Waals surface area contributed by atoms with Crippen molar-refractivity contribution in [1.29, 1.82) is 0 Å². The number of thiazole rings is 1. The zero-order chi connectivity index (χ0) is 15.4. The van der Waals surface area contributed by atoms with Crippen LogP contribution < -0.4 is 0 Å². The summed E-state index contributed by atoms with van der Waals surface area (Å²) in [6.45, 7) is 0.240. The largest absolute Gasteiger partial charge is 0.456 e. The Morgan fingerprint density at radius 2 is 1.95 bits per heavy atom. The van der Waals surface area contributed by atoms with Crippen LogP contribution in [-0.2, 0) is 11.3 Å². The zero-order valence-electron chi connectivity index (χ0n) is 11.5. The Morgan fingerprint density at radius 1 is 1.14 bits per heavy atom. The fourth-order valence-corrected chi connectivity index (χ4v) is 2.90. The summed E-state index contributed by atoms with van der Waals surface area (Å²) in [5, 5.41) is 3.08. The van der Waals surface area contributed by atoms with E-state index in [9.17, 15) is 4.79 Å². The monoisotopic (exact) mass is 329 g/mol. The molecule has 0 unspecified atom stereocenters. The van der Waals surface area contributed by atoms with Crippen LogP contribution >= 0.6 is 22.9 Å². The van der Waals surface area contributed by atoms with E-state index < -0.39 is 5.97 Å². The Bertz CT molecular complexity index is 786. The van der Waals surface area contributed by atoms with Crippen molar-refractivity contribution in [3.05, 3.63) is 76.3 Å². The molecule has 0 saturated carbocycles. The van der Waals surface area contributed by atoms with Crippen molar-refractivity contribution >= 4 is 28.9 Å². The molecule has 0 fully saturated rings. The zero-order valence-corrected chi connectivity index (χ0v) is 13.1. The molecular weight excluding hydrogens is 318 g/mol. The molecule has 5 heteroatoms. The van der Waals surface area contributed by atoms with Crippen molar-refractivity contribution in [2.24, 2.45) is 0 Å². The van der Waals surface area contributed by atoms with Gasteiger partial charge in [-0.15, -0.1) is 11.3 Å². The highest BCUT2D eigenvalue weighted by Gasteiger charge is 2.13. The lowest BCUT2D eigenvalue weighted by Gasteiger charge is -2.02. The minimum atomic E-state index is -0.423. The topological polar surface area (TPSA) is 39.2 Å². The summed E-state index contributed by atoms with van der Waals surface area (Å²) in [6, 6.07) is 16.9. The van der Waals surface area contributed by atoms with Crippen molar-refractivity contribution in [2.45, 2.75) is 6.61 Å². The Hall–Kier alpha value is -2.17. The maximum atomic E-state index is 12.0. The van der Waals surface area contributed by atoms with Crippen LogP contribution in [0.5, 0.6) is 0 Å². The molecule has 2 aromatic carbocycles. The number of hydrogen-bond donors (Lipinski definition) is 0. The summed E-state index contributed by atoms with van der Waals surface area (Å²) < 4.78 is 5.27. The summed E-state index contributed by atoms with van der Waals surface area (Å²) in [5.74, 6) is -0.423. The molecular formula is C17H12ClNO2S. The van der Waals surface area contributed by atoms with Gasteiger partial charge in [0.2, 0.25) is 0 Å². The summed E-state index contributed by atoms with van der Waals surface area (Å²) in [7, 11) is 0. The highest BCUT2D eigenvalue weighted by atomic mass is 35.5. The van der Waals surface area contributed by atoms with Gasteiger partial charge in [0.25, 0.3) is 0 Å². The summed E-state index contributed by atoms with van der Waals surface area (Å²) in [4.78, 5) is 16.3. The smallest absolute Gasteiger partial charge is 0.358 e. The first-order valence-electron chi connectivity index (χ1n) is 6.65. The van der Waals surface area contributed by atoms with Gasteiger partial charge in [0.15, 0.2) is 5.69 Å². The molecule has 0 atom stereocenters. The highest BCUT2D eigenvalue weighted by Crippen LogP contribution is 2.26. The van der Waals surface area contributed by atoms with Crippen LogP contribution in [0.3, 0.4) is 0 Å². The number of carbonyl (C=O) groups is 1. The molecule has 22 heavy (non-hydrogen) atoms.